The molecule has 1 saturated heterocycles. The normalized spacial score (nSPS) is 22.7. The molecular formula is C29H29FN2O3. The first-order valence-electron chi connectivity index (χ1n) is 12.4. The van der Waals surface area contributed by atoms with Gasteiger partial charge in [-0.25, -0.2) is 4.39 Å². The number of benzene rings is 2. The van der Waals surface area contributed by atoms with Gasteiger partial charge in [0.1, 0.15) is 5.82 Å². The number of carbonyl (C=O) groups is 2. The molecule has 2 aromatic carbocycles. The maximum Gasteiger partial charge on any atom is 0.249 e. The molecule has 0 radical (unpaired) electrons. The minimum Gasteiger partial charge on any atom is -0.381 e. The number of amides is 2. The molecule has 2 N–H and O–H groups in total. The molecule has 1 unspecified atom stereocenters. The summed E-state index contributed by atoms with van der Waals surface area (Å²) in [5.41, 5.74) is 13.9. The van der Waals surface area contributed by atoms with Crippen molar-refractivity contribution in [2.45, 2.75) is 45.1 Å². The summed E-state index contributed by atoms with van der Waals surface area (Å²) in [7, 11) is 0. The number of carbonyl (C=O) groups excluding carboxylic acids is 2. The van der Waals surface area contributed by atoms with E-state index in [0.717, 1.165) is 66.7 Å². The summed E-state index contributed by atoms with van der Waals surface area (Å²) in [6.07, 6.45) is 6.50. The molecule has 0 aromatic heterocycles. The molecule has 2 amide bonds. The highest BCUT2D eigenvalue weighted by Crippen LogP contribution is 2.55. The van der Waals surface area contributed by atoms with Crippen molar-refractivity contribution in [3.8, 4) is 11.1 Å². The second kappa shape index (κ2) is 8.16. The first-order chi connectivity index (χ1) is 16.9. The van der Waals surface area contributed by atoms with Crippen molar-refractivity contribution < 1.29 is 18.7 Å². The maximum atomic E-state index is 16.0. The smallest absolute Gasteiger partial charge is 0.249 e. The second-order valence-corrected chi connectivity index (χ2v) is 10.4. The van der Waals surface area contributed by atoms with Gasteiger partial charge in [-0.05, 0) is 84.1 Å². The van der Waals surface area contributed by atoms with Crippen LogP contribution in [0.15, 0.2) is 42.5 Å². The third-order valence-electron chi connectivity index (χ3n) is 8.49. The van der Waals surface area contributed by atoms with Crippen LogP contribution in [0.3, 0.4) is 0 Å². The fraction of sp³-hybridized carbons (Fsp3) is 0.379. The number of hydrogen-bond acceptors (Lipinski definition) is 3. The Morgan fingerprint density at radius 2 is 2.03 bits per heavy atom. The van der Waals surface area contributed by atoms with Crippen LogP contribution in [0.25, 0.3) is 16.7 Å². The molecule has 0 saturated carbocycles. The number of nitrogens with two attached hydrogens (primary N) is 1. The molecule has 1 spiro atoms. The van der Waals surface area contributed by atoms with E-state index < -0.39 is 11.7 Å². The van der Waals surface area contributed by atoms with Crippen LogP contribution >= 0.6 is 0 Å². The first-order valence-corrected chi connectivity index (χ1v) is 12.4. The molecule has 1 atom stereocenters. The lowest BCUT2D eigenvalue weighted by Gasteiger charge is -2.34. The standard InChI is InChI=1S/C29H29FN2O3/c1-2-25(33)32-10-7-19-18(15-32)4-3-5-20(19)27-24(30)13-22(28(31)34)21-12-17-6-8-29(9-11-35-16-29)14-23(17)26(21)27/h2-5,13H,1,6-12,14-16H2,(H2,31,34). The average Bonchev–Trinajstić information content (AvgIpc) is 3.47. The van der Waals surface area contributed by atoms with Crippen molar-refractivity contribution in [2.24, 2.45) is 11.1 Å². The number of rotatable bonds is 3. The lowest BCUT2D eigenvalue weighted by atomic mass is 9.70. The van der Waals surface area contributed by atoms with Crippen LogP contribution in [0.1, 0.15) is 58.3 Å². The van der Waals surface area contributed by atoms with Gasteiger partial charge in [0.05, 0.1) is 6.61 Å². The van der Waals surface area contributed by atoms with Gasteiger partial charge in [0.25, 0.3) is 0 Å². The molecule has 4 aliphatic rings. The molecule has 180 valence electrons. The molecule has 2 aliphatic heterocycles. The van der Waals surface area contributed by atoms with E-state index in [-0.39, 0.29) is 11.3 Å². The number of ether oxygens (including phenoxy) is 1. The van der Waals surface area contributed by atoms with Crippen LogP contribution in [0, 0.1) is 11.2 Å². The molecule has 35 heavy (non-hydrogen) atoms. The Morgan fingerprint density at radius 3 is 2.77 bits per heavy atom. The fourth-order valence-corrected chi connectivity index (χ4v) is 6.67. The van der Waals surface area contributed by atoms with Gasteiger partial charge in [-0.1, -0.05) is 30.4 Å². The zero-order valence-corrected chi connectivity index (χ0v) is 19.8. The lowest BCUT2D eigenvalue weighted by Crippen LogP contribution is -2.35. The predicted molar refractivity (Wildman–Crippen MR) is 132 cm³/mol. The summed E-state index contributed by atoms with van der Waals surface area (Å²) in [6, 6.07) is 7.25. The van der Waals surface area contributed by atoms with Crippen LogP contribution in [0.4, 0.5) is 4.39 Å². The van der Waals surface area contributed by atoms with Crippen molar-refractivity contribution in [1.82, 2.24) is 4.90 Å². The summed E-state index contributed by atoms with van der Waals surface area (Å²) < 4.78 is 21.8. The number of halogens is 1. The number of fused-ring (bicyclic) bond motifs is 3. The molecule has 6 heteroatoms. The van der Waals surface area contributed by atoms with Crippen LogP contribution in [-0.4, -0.2) is 36.5 Å². The van der Waals surface area contributed by atoms with E-state index in [1.54, 1.807) is 4.90 Å². The summed E-state index contributed by atoms with van der Waals surface area (Å²) >= 11 is 0. The van der Waals surface area contributed by atoms with Gasteiger partial charge in [0.15, 0.2) is 0 Å². The molecule has 2 aliphatic carbocycles. The van der Waals surface area contributed by atoms with Gasteiger partial charge in [-0.3, -0.25) is 9.59 Å². The highest BCUT2D eigenvalue weighted by atomic mass is 19.1. The zero-order valence-electron chi connectivity index (χ0n) is 19.8. The SMILES string of the molecule is C=CC(=O)N1CCc2c(cccc2-c2c(F)cc(C(N)=O)c3c2C2=C(CCC4(CCOC4)C2)C3)C1. The summed E-state index contributed by atoms with van der Waals surface area (Å²) in [5.74, 6) is -1.09. The first kappa shape index (κ1) is 22.2. The van der Waals surface area contributed by atoms with E-state index in [4.69, 9.17) is 10.5 Å². The molecule has 6 rings (SSSR count). The average molecular weight is 473 g/mol. The van der Waals surface area contributed by atoms with Gasteiger partial charge >= 0.3 is 0 Å². The predicted octanol–water partition coefficient (Wildman–Crippen LogP) is 4.56. The largest absolute Gasteiger partial charge is 0.381 e. The fourth-order valence-electron chi connectivity index (χ4n) is 6.67. The van der Waals surface area contributed by atoms with Crippen molar-refractivity contribution in [1.29, 1.82) is 0 Å². The highest BCUT2D eigenvalue weighted by Gasteiger charge is 2.43. The van der Waals surface area contributed by atoms with Crippen LogP contribution in [0.5, 0.6) is 0 Å². The Bertz CT molecular complexity index is 1320. The quantitative estimate of drug-likeness (QED) is 0.666. The molecule has 0 bridgehead atoms. The summed E-state index contributed by atoms with van der Waals surface area (Å²) in [4.78, 5) is 26.3. The minimum absolute atomic E-state index is 0.0958. The zero-order chi connectivity index (χ0) is 24.3. The van der Waals surface area contributed by atoms with Crippen molar-refractivity contribution in [2.75, 3.05) is 19.8 Å². The van der Waals surface area contributed by atoms with E-state index in [2.05, 4.69) is 6.58 Å². The van der Waals surface area contributed by atoms with E-state index in [1.165, 1.54) is 23.3 Å². The van der Waals surface area contributed by atoms with E-state index in [1.807, 2.05) is 18.2 Å². The van der Waals surface area contributed by atoms with Crippen LogP contribution in [-0.2, 0) is 28.9 Å². The summed E-state index contributed by atoms with van der Waals surface area (Å²) in [5, 5.41) is 0. The van der Waals surface area contributed by atoms with Crippen molar-refractivity contribution >= 4 is 17.4 Å². The molecule has 5 nitrogen and oxygen atoms in total. The lowest BCUT2D eigenvalue weighted by molar-refractivity contribution is -0.126. The van der Waals surface area contributed by atoms with Gasteiger partial charge in [0, 0.05) is 36.2 Å². The Hall–Kier alpha value is -3.25. The van der Waals surface area contributed by atoms with Gasteiger partial charge in [-0.2, -0.15) is 0 Å². The highest BCUT2D eigenvalue weighted by molar-refractivity contribution is 6.00. The Morgan fingerprint density at radius 1 is 1.17 bits per heavy atom. The number of nitrogens with zero attached hydrogens (tertiary/aromatic N) is 1. The molecule has 2 heterocycles. The van der Waals surface area contributed by atoms with E-state index in [0.29, 0.717) is 37.1 Å². The molecular weight excluding hydrogens is 443 g/mol. The van der Waals surface area contributed by atoms with Gasteiger partial charge < -0.3 is 15.4 Å². The van der Waals surface area contributed by atoms with E-state index >= 15 is 4.39 Å². The van der Waals surface area contributed by atoms with Crippen LogP contribution in [0.2, 0.25) is 0 Å². The number of allylic oxidation sites excluding steroid dienone is 2. The Labute approximate surface area is 204 Å². The van der Waals surface area contributed by atoms with Crippen molar-refractivity contribution in [3.63, 3.8) is 0 Å². The van der Waals surface area contributed by atoms with Gasteiger partial charge in [-0.15, -0.1) is 0 Å². The minimum atomic E-state index is -0.584. The van der Waals surface area contributed by atoms with Crippen molar-refractivity contribution in [3.05, 3.63) is 76.1 Å². The monoisotopic (exact) mass is 472 g/mol. The van der Waals surface area contributed by atoms with Crippen LogP contribution < -0.4 is 5.73 Å². The molecule has 2 aromatic rings. The third kappa shape index (κ3) is 3.46. The topological polar surface area (TPSA) is 72.6 Å². The van der Waals surface area contributed by atoms with E-state index in [9.17, 15) is 9.59 Å². The number of hydrogen-bond donors (Lipinski definition) is 1. The Kier molecular flexibility index (Phi) is 5.18. The maximum absolute atomic E-state index is 16.0. The summed E-state index contributed by atoms with van der Waals surface area (Å²) in [6.45, 7) is 6.15. The second-order valence-electron chi connectivity index (χ2n) is 10.4. The Balaban J connectivity index is 1.52. The molecule has 1 fully saturated rings. The number of primary amides is 1. The van der Waals surface area contributed by atoms with Gasteiger partial charge in [0.2, 0.25) is 11.8 Å². The third-order valence-corrected chi connectivity index (χ3v) is 8.49.